The molecular weight excluding hydrogens is 400 g/mol. The molecule has 4 aromatic rings. The predicted molar refractivity (Wildman–Crippen MR) is 105 cm³/mol. The van der Waals surface area contributed by atoms with Crippen LogP contribution in [-0.4, -0.2) is 23.3 Å². The standard InChI is InChI=1S/C20H13F2N3O3S/c21-12-5-6-13(14(22)8-12)19(27)23-9-18(26)25-20-24-15(10-29-20)17-7-11-3-1-2-4-16(11)28-17/h1-8,10H,9H2,(H,23,27)(H,24,25,26). The van der Waals surface area contributed by atoms with Crippen molar-refractivity contribution < 1.29 is 22.8 Å². The Bertz CT molecular complexity index is 1190. The van der Waals surface area contributed by atoms with Crippen molar-refractivity contribution in [3.63, 3.8) is 0 Å². The van der Waals surface area contributed by atoms with Gasteiger partial charge >= 0.3 is 0 Å². The predicted octanol–water partition coefficient (Wildman–Crippen LogP) is 4.20. The van der Waals surface area contributed by atoms with E-state index in [1.807, 2.05) is 30.3 Å². The normalized spacial score (nSPS) is 10.8. The molecule has 0 fully saturated rings. The molecule has 0 saturated carbocycles. The number of benzene rings is 2. The van der Waals surface area contributed by atoms with E-state index >= 15 is 0 Å². The Morgan fingerprint density at radius 2 is 1.93 bits per heavy atom. The van der Waals surface area contributed by atoms with Gasteiger partial charge in [-0.25, -0.2) is 13.8 Å². The van der Waals surface area contributed by atoms with Gasteiger partial charge in [0.15, 0.2) is 10.9 Å². The number of nitrogens with one attached hydrogen (secondary N) is 2. The monoisotopic (exact) mass is 413 g/mol. The van der Waals surface area contributed by atoms with Gasteiger partial charge in [0.1, 0.15) is 22.9 Å². The fourth-order valence-electron chi connectivity index (χ4n) is 2.65. The number of carbonyl (C=O) groups is 2. The summed E-state index contributed by atoms with van der Waals surface area (Å²) in [6.45, 7) is -0.394. The Hall–Kier alpha value is -3.59. The van der Waals surface area contributed by atoms with Crippen LogP contribution in [-0.2, 0) is 4.79 Å². The van der Waals surface area contributed by atoms with Crippen molar-refractivity contribution in [1.29, 1.82) is 0 Å². The van der Waals surface area contributed by atoms with Gasteiger partial charge in [0.25, 0.3) is 5.91 Å². The number of thiazole rings is 1. The van der Waals surface area contributed by atoms with Crippen LogP contribution in [0.2, 0.25) is 0 Å². The maximum Gasteiger partial charge on any atom is 0.254 e. The number of halogens is 2. The average molecular weight is 413 g/mol. The molecule has 2 N–H and O–H groups in total. The zero-order valence-corrected chi connectivity index (χ0v) is 15.6. The quantitative estimate of drug-likeness (QED) is 0.514. The number of amides is 2. The van der Waals surface area contributed by atoms with Crippen LogP contribution in [0.5, 0.6) is 0 Å². The summed E-state index contributed by atoms with van der Waals surface area (Å²) in [6.07, 6.45) is 0. The first-order valence-corrected chi connectivity index (χ1v) is 9.35. The number of furan rings is 1. The lowest BCUT2D eigenvalue weighted by Gasteiger charge is -2.06. The molecule has 2 aromatic heterocycles. The van der Waals surface area contributed by atoms with E-state index in [1.165, 1.54) is 11.3 Å². The zero-order valence-electron chi connectivity index (χ0n) is 14.7. The Balaban J connectivity index is 1.37. The highest BCUT2D eigenvalue weighted by molar-refractivity contribution is 7.14. The summed E-state index contributed by atoms with van der Waals surface area (Å²) in [5, 5.41) is 7.84. The van der Waals surface area contributed by atoms with Crippen LogP contribution in [0.15, 0.2) is 58.3 Å². The van der Waals surface area contributed by atoms with Crippen molar-refractivity contribution in [2.24, 2.45) is 0 Å². The number of aromatic nitrogens is 1. The fourth-order valence-corrected chi connectivity index (χ4v) is 3.36. The van der Waals surface area contributed by atoms with E-state index in [1.54, 1.807) is 5.38 Å². The molecule has 2 aromatic carbocycles. The van der Waals surface area contributed by atoms with E-state index in [4.69, 9.17) is 4.42 Å². The first kappa shape index (κ1) is 18.8. The van der Waals surface area contributed by atoms with Gasteiger partial charge < -0.3 is 15.1 Å². The molecule has 29 heavy (non-hydrogen) atoms. The molecule has 9 heteroatoms. The maximum absolute atomic E-state index is 13.6. The third-order valence-electron chi connectivity index (χ3n) is 4.01. The molecule has 0 spiro atoms. The second-order valence-electron chi connectivity index (χ2n) is 6.04. The molecule has 0 aliphatic heterocycles. The van der Waals surface area contributed by atoms with Crippen LogP contribution in [0.3, 0.4) is 0 Å². The van der Waals surface area contributed by atoms with E-state index < -0.39 is 30.0 Å². The summed E-state index contributed by atoms with van der Waals surface area (Å²) in [4.78, 5) is 28.3. The highest BCUT2D eigenvalue weighted by Crippen LogP contribution is 2.30. The topological polar surface area (TPSA) is 84.2 Å². The van der Waals surface area contributed by atoms with Crippen LogP contribution in [0.4, 0.5) is 13.9 Å². The average Bonchev–Trinajstić information content (AvgIpc) is 3.32. The number of rotatable bonds is 5. The number of para-hydroxylation sites is 1. The highest BCUT2D eigenvalue weighted by Gasteiger charge is 2.15. The largest absolute Gasteiger partial charge is 0.454 e. The van der Waals surface area contributed by atoms with E-state index in [9.17, 15) is 18.4 Å². The summed E-state index contributed by atoms with van der Waals surface area (Å²) < 4.78 is 32.2. The molecule has 0 unspecified atom stereocenters. The molecule has 0 radical (unpaired) electrons. The van der Waals surface area contributed by atoms with E-state index in [2.05, 4.69) is 15.6 Å². The molecule has 4 rings (SSSR count). The molecule has 0 aliphatic rings. The molecule has 2 heterocycles. The fraction of sp³-hybridized carbons (Fsp3) is 0.0500. The summed E-state index contributed by atoms with van der Waals surface area (Å²) in [7, 11) is 0. The van der Waals surface area contributed by atoms with Gasteiger partial charge in [0.05, 0.1) is 12.1 Å². The molecule has 0 aliphatic carbocycles. The van der Waals surface area contributed by atoms with Crippen molar-refractivity contribution in [2.45, 2.75) is 0 Å². The van der Waals surface area contributed by atoms with E-state index in [0.29, 0.717) is 22.7 Å². The second-order valence-corrected chi connectivity index (χ2v) is 6.90. The number of anilines is 1. The van der Waals surface area contributed by atoms with Gasteiger partial charge in [-0.05, 0) is 24.3 Å². The Labute approximate surface area is 167 Å². The molecule has 2 amide bonds. The molecule has 146 valence electrons. The lowest BCUT2D eigenvalue weighted by molar-refractivity contribution is -0.115. The van der Waals surface area contributed by atoms with Gasteiger partial charge in [0.2, 0.25) is 5.91 Å². The van der Waals surface area contributed by atoms with Crippen LogP contribution >= 0.6 is 11.3 Å². The molecule has 0 atom stereocenters. The number of nitrogens with zero attached hydrogens (tertiary/aromatic N) is 1. The number of hydrogen-bond acceptors (Lipinski definition) is 5. The summed E-state index contributed by atoms with van der Waals surface area (Å²) in [6, 6.07) is 12.0. The molecular formula is C20H13F2N3O3S. The summed E-state index contributed by atoms with van der Waals surface area (Å²) >= 11 is 1.20. The van der Waals surface area contributed by atoms with Gasteiger partial charge in [-0.15, -0.1) is 11.3 Å². The Morgan fingerprint density at radius 1 is 1.10 bits per heavy atom. The Morgan fingerprint density at radius 3 is 2.72 bits per heavy atom. The minimum absolute atomic E-state index is 0.327. The third-order valence-corrected chi connectivity index (χ3v) is 4.77. The number of hydrogen-bond donors (Lipinski definition) is 2. The van der Waals surface area contributed by atoms with Crippen molar-refractivity contribution in [2.75, 3.05) is 11.9 Å². The van der Waals surface area contributed by atoms with Gasteiger partial charge in [-0.2, -0.15) is 0 Å². The van der Waals surface area contributed by atoms with Gasteiger partial charge in [0, 0.05) is 16.8 Å². The van der Waals surface area contributed by atoms with Gasteiger partial charge in [-0.3, -0.25) is 9.59 Å². The van der Waals surface area contributed by atoms with Crippen LogP contribution in [0, 0.1) is 11.6 Å². The Kier molecular flexibility index (Phi) is 5.05. The number of fused-ring (bicyclic) bond motifs is 1. The minimum Gasteiger partial charge on any atom is -0.454 e. The van der Waals surface area contributed by atoms with Crippen LogP contribution in [0.1, 0.15) is 10.4 Å². The summed E-state index contributed by atoms with van der Waals surface area (Å²) in [5.74, 6) is -2.58. The second kappa shape index (κ2) is 7.80. The van der Waals surface area contributed by atoms with Crippen molar-refractivity contribution in [1.82, 2.24) is 10.3 Å². The first-order chi connectivity index (χ1) is 14.0. The minimum atomic E-state index is -1.00. The smallest absolute Gasteiger partial charge is 0.254 e. The lowest BCUT2D eigenvalue weighted by atomic mass is 10.2. The highest BCUT2D eigenvalue weighted by atomic mass is 32.1. The van der Waals surface area contributed by atoms with Crippen LogP contribution < -0.4 is 10.6 Å². The van der Waals surface area contributed by atoms with Crippen molar-refractivity contribution in [3.8, 4) is 11.5 Å². The molecule has 0 saturated heterocycles. The van der Waals surface area contributed by atoms with Crippen molar-refractivity contribution in [3.05, 3.63) is 71.1 Å². The van der Waals surface area contributed by atoms with E-state index in [-0.39, 0.29) is 5.56 Å². The lowest BCUT2D eigenvalue weighted by Crippen LogP contribution is -2.33. The molecule has 6 nitrogen and oxygen atoms in total. The van der Waals surface area contributed by atoms with Crippen molar-refractivity contribution >= 4 is 39.3 Å². The van der Waals surface area contributed by atoms with E-state index in [0.717, 1.165) is 23.1 Å². The van der Waals surface area contributed by atoms with Gasteiger partial charge in [-0.1, -0.05) is 18.2 Å². The zero-order chi connectivity index (χ0) is 20.4. The SMILES string of the molecule is O=C(CNC(=O)c1ccc(F)cc1F)Nc1nc(-c2cc3ccccc3o2)cs1. The van der Waals surface area contributed by atoms with Crippen LogP contribution in [0.25, 0.3) is 22.4 Å². The maximum atomic E-state index is 13.6. The molecule has 0 bridgehead atoms. The summed E-state index contributed by atoms with van der Waals surface area (Å²) in [5.41, 5.74) is 0.955. The first-order valence-electron chi connectivity index (χ1n) is 8.47. The number of carbonyl (C=O) groups excluding carboxylic acids is 2. The third kappa shape index (κ3) is 4.14.